The zero-order valence-corrected chi connectivity index (χ0v) is 9.33. The fraction of sp³-hybridized carbons (Fsp3) is 0.462. The average Bonchev–Trinajstić information content (AvgIpc) is 2.15. The van der Waals surface area contributed by atoms with Crippen molar-refractivity contribution >= 4 is 0 Å². The normalized spacial score (nSPS) is 13.4. The van der Waals surface area contributed by atoms with Crippen LogP contribution >= 0.6 is 0 Å². The summed E-state index contributed by atoms with van der Waals surface area (Å²) < 4.78 is 0. The average molecular weight is 187 g/mol. The lowest BCUT2D eigenvalue weighted by Gasteiger charge is -2.23. The Morgan fingerprint density at radius 3 is 2.29 bits per heavy atom. The van der Waals surface area contributed by atoms with E-state index in [-0.39, 0.29) is 11.3 Å². The second kappa shape index (κ2) is 3.84. The molecule has 0 heterocycles. The highest BCUT2D eigenvalue weighted by Crippen LogP contribution is 2.29. The van der Waals surface area contributed by atoms with Gasteiger partial charge in [0.25, 0.3) is 0 Å². The largest absolute Gasteiger partial charge is 0.198 e. The van der Waals surface area contributed by atoms with E-state index in [0.29, 0.717) is 0 Å². The van der Waals surface area contributed by atoms with Crippen molar-refractivity contribution in [1.29, 1.82) is 5.26 Å². The SMILES string of the molecule is CC(C#N)c1ccccc1C(C)(C)C. The third-order valence-corrected chi connectivity index (χ3v) is 2.43. The highest BCUT2D eigenvalue weighted by molar-refractivity contribution is 5.37. The van der Waals surface area contributed by atoms with Crippen LogP contribution in [0.2, 0.25) is 0 Å². The summed E-state index contributed by atoms with van der Waals surface area (Å²) in [7, 11) is 0. The number of hydrogen-bond donors (Lipinski definition) is 0. The van der Waals surface area contributed by atoms with Gasteiger partial charge in [0.15, 0.2) is 0 Å². The monoisotopic (exact) mass is 187 g/mol. The number of rotatable bonds is 1. The van der Waals surface area contributed by atoms with Gasteiger partial charge in [0.2, 0.25) is 0 Å². The summed E-state index contributed by atoms with van der Waals surface area (Å²) in [6, 6.07) is 10.5. The van der Waals surface area contributed by atoms with Crippen LogP contribution in [-0.4, -0.2) is 0 Å². The van der Waals surface area contributed by atoms with Crippen molar-refractivity contribution in [3.8, 4) is 6.07 Å². The summed E-state index contributed by atoms with van der Waals surface area (Å²) in [6.45, 7) is 8.48. The van der Waals surface area contributed by atoms with Crippen molar-refractivity contribution in [2.24, 2.45) is 0 Å². The summed E-state index contributed by atoms with van der Waals surface area (Å²) in [4.78, 5) is 0. The molecule has 0 fully saturated rings. The van der Waals surface area contributed by atoms with E-state index < -0.39 is 0 Å². The summed E-state index contributed by atoms with van der Waals surface area (Å²) >= 11 is 0. The van der Waals surface area contributed by atoms with E-state index in [1.807, 2.05) is 19.1 Å². The van der Waals surface area contributed by atoms with Crippen LogP contribution in [0.1, 0.15) is 44.7 Å². The Balaban J connectivity index is 3.25. The molecule has 1 nitrogen and oxygen atoms in total. The summed E-state index contributed by atoms with van der Waals surface area (Å²) in [6.07, 6.45) is 0. The molecule has 0 aromatic heterocycles. The minimum Gasteiger partial charge on any atom is -0.198 e. The van der Waals surface area contributed by atoms with Gasteiger partial charge >= 0.3 is 0 Å². The topological polar surface area (TPSA) is 23.8 Å². The number of benzene rings is 1. The summed E-state index contributed by atoms with van der Waals surface area (Å²) in [5, 5.41) is 8.93. The first-order chi connectivity index (χ1) is 6.46. The van der Waals surface area contributed by atoms with Gasteiger partial charge in [0, 0.05) is 0 Å². The summed E-state index contributed by atoms with van der Waals surface area (Å²) in [5.41, 5.74) is 2.54. The van der Waals surface area contributed by atoms with E-state index in [0.717, 1.165) is 5.56 Å². The van der Waals surface area contributed by atoms with Crippen molar-refractivity contribution in [3.05, 3.63) is 35.4 Å². The number of hydrogen-bond acceptors (Lipinski definition) is 1. The van der Waals surface area contributed by atoms with Gasteiger partial charge in [0.05, 0.1) is 12.0 Å². The molecule has 1 unspecified atom stereocenters. The van der Waals surface area contributed by atoms with Crippen molar-refractivity contribution < 1.29 is 0 Å². The fourth-order valence-electron chi connectivity index (χ4n) is 1.63. The van der Waals surface area contributed by atoms with Crippen molar-refractivity contribution in [2.45, 2.75) is 39.0 Å². The van der Waals surface area contributed by atoms with E-state index in [1.54, 1.807) is 0 Å². The van der Waals surface area contributed by atoms with Crippen LogP contribution in [0.5, 0.6) is 0 Å². The van der Waals surface area contributed by atoms with E-state index in [4.69, 9.17) is 5.26 Å². The number of nitrogens with zero attached hydrogens (tertiary/aromatic N) is 1. The van der Waals surface area contributed by atoms with E-state index in [2.05, 4.69) is 39.0 Å². The lowest BCUT2D eigenvalue weighted by Crippen LogP contribution is -2.14. The molecule has 0 saturated carbocycles. The quantitative estimate of drug-likeness (QED) is 0.658. The smallest absolute Gasteiger partial charge is 0.0701 e. The molecule has 1 atom stereocenters. The molecule has 0 aliphatic rings. The van der Waals surface area contributed by atoms with Crippen molar-refractivity contribution in [3.63, 3.8) is 0 Å². The Morgan fingerprint density at radius 2 is 1.79 bits per heavy atom. The van der Waals surface area contributed by atoms with Gasteiger partial charge in [-0.1, -0.05) is 45.0 Å². The van der Waals surface area contributed by atoms with Crippen LogP contribution in [0.15, 0.2) is 24.3 Å². The van der Waals surface area contributed by atoms with Gasteiger partial charge in [-0.2, -0.15) is 5.26 Å². The first-order valence-corrected chi connectivity index (χ1v) is 4.96. The van der Waals surface area contributed by atoms with E-state index >= 15 is 0 Å². The highest BCUT2D eigenvalue weighted by Gasteiger charge is 2.19. The standard InChI is InChI=1S/C13H17N/c1-10(9-14)11-7-5-6-8-12(11)13(2,3)4/h5-8,10H,1-4H3. The predicted molar refractivity (Wildman–Crippen MR) is 59.2 cm³/mol. The Kier molecular flexibility index (Phi) is 2.96. The van der Waals surface area contributed by atoms with Crippen molar-refractivity contribution in [2.75, 3.05) is 0 Å². The minimum absolute atomic E-state index is 0.0228. The molecule has 1 rings (SSSR count). The molecule has 0 N–H and O–H groups in total. The van der Waals surface area contributed by atoms with Crippen molar-refractivity contribution in [1.82, 2.24) is 0 Å². The maximum atomic E-state index is 8.93. The van der Waals surface area contributed by atoms with Gasteiger partial charge in [0.1, 0.15) is 0 Å². The molecule has 1 heteroatoms. The zero-order valence-electron chi connectivity index (χ0n) is 9.33. The van der Waals surface area contributed by atoms with Crippen LogP contribution < -0.4 is 0 Å². The van der Waals surface area contributed by atoms with Gasteiger partial charge in [-0.05, 0) is 23.5 Å². The van der Waals surface area contributed by atoms with Crippen LogP contribution in [0.4, 0.5) is 0 Å². The first kappa shape index (κ1) is 10.8. The molecule has 0 amide bonds. The van der Waals surface area contributed by atoms with Crippen LogP contribution in [0.25, 0.3) is 0 Å². The van der Waals surface area contributed by atoms with Crippen LogP contribution in [0, 0.1) is 11.3 Å². The van der Waals surface area contributed by atoms with Gasteiger partial charge in [-0.15, -0.1) is 0 Å². The molecule has 0 spiro atoms. The van der Waals surface area contributed by atoms with Gasteiger partial charge in [-0.25, -0.2) is 0 Å². The molecule has 0 bridgehead atoms. The molecule has 0 saturated heterocycles. The Morgan fingerprint density at radius 1 is 1.21 bits per heavy atom. The first-order valence-electron chi connectivity index (χ1n) is 4.96. The molecular weight excluding hydrogens is 170 g/mol. The van der Waals surface area contributed by atoms with E-state index in [9.17, 15) is 0 Å². The van der Waals surface area contributed by atoms with Crippen LogP contribution in [0.3, 0.4) is 0 Å². The third kappa shape index (κ3) is 2.14. The van der Waals surface area contributed by atoms with Gasteiger partial charge < -0.3 is 0 Å². The maximum absolute atomic E-state index is 8.93. The molecule has 14 heavy (non-hydrogen) atoms. The Bertz CT molecular complexity index is 352. The second-order valence-electron chi connectivity index (χ2n) is 4.69. The lowest BCUT2D eigenvalue weighted by molar-refractivity contribution is 0.580. The molecule has 0 radical (unpaired) electrons. The predicted octanol–water partition coefficient (Wildman–Crippen LogP) is 3.61. The molecule has 0 aliphatic heterocycles. The van der Waals surface area contributed by atoms with Gasteiger partial charge in [-0.3, -0.25) is 0 Å². The minimum atomic E-state index is -0.0228. The molecular formula is C13H17N. The molecule has 1 aromatic rings. The highest BCUT2D eigenvalue weighted by atomic mass is 14.3. The Hall–Kier alpha value is -1.29. The number of nitriles is 1. The molecule has 0 aliphatic carbocycles. The second-order valence-corrected chi connectivity index (χ2v) is 4.69. The molecule has 74 valence electrons. The lowest BCUT2D eigenvalue weighted by atomic mass is 9.81. The maximum Gasteiger partial charge on any atom is 0.0701 e. The summed E-state index contributed by atoms with van der Waals surface area (Å²) in [5.74, 6) is -0.0228. The Labute approximate surface area is 86.4 Å². The van der Waals surface area contributed by atoms with Crippen LogP contribution in [-0.2, 0) is 5.41 Å². The zero-order chi connectivity index (χ0) is 10.8. The molecule has 1 aromatic carbocycles. The third-order valence-electron chi connectivity index (χ3n) is 2.43. The fourth-order valence-corrected chi connectivity index (χ4v) is 1.63. The van der Waals surface area contributed by atoms with E-state index in [1.165, 1.54) is 5.56 Å².